The molecule has 0 atom stereocenters. The number of amides is 2. The first-order valence-corrected chi connectivity index (χ1v) is 12.4. The van der Waals surface area contributed by atoms with Crippen molar-refractivity contribution < 1.29 is 29.0 Å². The van der Waals surface area contributed by atoms with Crippen LogP contribution in [0.3, 0.4) is 0 Å². The van der Waals surface area contributed by atoms with Crippen molar-refractivity contribution in [2.75, 3.05) is 11.5 Å². The van der Waals surface area contributed by atoms with Crippen LogP contribution in [0.25, 0.3) is 6.08 Å². The Morgan fingerprint density at radius 2 is 1.76 bits per heavy atom. The lowest BCUT2D eigenvalue weighted by Gasteiger charge is -2.29. The fraction of sp³-hybridized carbons (Fsp3) is 0.111. The molecule has 0 aromatic heterocycles. The average molecular weight is 581 g/mol. The SMILES string of the molecule is CCOc1ccc(N2C(=O)/C(=C\c3ccc(OCc4ccc(C(=O)O)cc4)c(Br)c3)C(=O)NC2=S)cc1. The monoisotopic (exact) mass is 580 g/mol. The lowest BCUT2D eigenvalue weighted by molar-refractivity contribution is -0.122. The third kappa shape index (κ3) is 6.04. The molecule has 188 valence electrons. The van der Waals surface area contributed by atoms with Crippen LogP contribution in [-0.4, -0.2) is 34.6 Å². The van der Waals surface area contributed by atoms with Crippen LogP contribution in [-0.2, 0) is 16.2 Å². The first-order valence-electron chi connectivity index (χ1n) is 11.2. The number of aromatic carboxylic acids is 1. The predicted octanol–water partition coefficient (Wildman–Crippen LogP) is 4.96. The van der Waals surface area contributed by atoms with Gasteiger partial charge >= 0.3 is 5.97 Å². The number of hydrogen-bond acceptors (Lipinski definition) is 6. The quantitative estimate of drug-likeness (QED) is 0.220. The minimum atomic E-state index is -0.991. The molecule has 0 spiro atoms. The Balaban J connectivity index is 1.51. The molecule has 0 radical (unpaired) electrons. The molecular formula is C27H21BrN2O6S. The Hall–Kier alpha value is -4.02. The number of nitrogens with zero attached hydrogens (tertiary/aromatic N) is 1. The summed E-state index contributed by atoms with van der Waals surface area (Å²) in [5, 5.41) is 11.6. The zero-order chi connectivity index (χ0) is 26.5. The lowest BCUT2D eigenvalue weighted by Crippen LogP contribution is -2.54. The largest absolute Gasteiger partial charge is 0.494 e. The van der Waals surface area contributed by atoms with E-state index < -0.39 is 17.8 Å². The van der Waals surface area contributed by atoms with E-state index in [2.05, 4.69) is 21.2 Å². The van der Waals surface area contributed by atoms with E-state index in [0.717, 1.165) is 5.56 Å². The van der Waals surface area contributed by atoms with Crippen LogP contribution >= 0.6 is 28.1 Å². The number of anilines is 1. The Morgan fingerprint density at radius 3 is 2.38 bits per heavy atom. The highest BCUT2D eigenvalue weighted by Gasteiger charge is 2.34. The van der Waals surface area contributed by atoms with Crippen LogP contribution in [0.4, 0.5) is 5.69 Å². The molecule has 1 aliphatic rings. The molecule has 37 heavy (non-hydrogen) atoms. The van der Waals surface area contributed by atoms with Gasteiger partial charge in [0.2, 0.25) is 0 Å². The average Bonchev–Trinajstić information content (AvgIpc) is 2.87. The van der Waals surface area contributed by atoms with E-state index in [4.69, 9.17) is 26.8 Å². The molecule has 8 nitrogen and oxygen atoms in total. The van der Waals surface area contributed by atoms with Gasteiger partial charge in [0, 0.05) is 0 Å². The molecule has 0 unspecified atom stereocenters. The van der Waals surface area contributed by atoms with Crippen LogP contribution in [0.2, 0.25) is 0 Å². The maximum Gasteiger partial charge on any atom is 0.335 e. The number of halogens is 1. The van der Waals surface area contributed by atoms with E-state index in [1.165, 1.54) is 23.1 Å². The maximum atomic E-state index is 13.2. The third-order valence-corrected chi connectivity index (χ3v) is 6.27. The van der Waals surface area contributed by atoms with Crippen molar-refractivity contribution in [1.29, 1.82) is 0 Å². The smallest absolute Gasteiger partial charge is 0.335 e. The number of rotatable bonds is 8. The first kappa shape index (κ1) is 26.1. The van der Waals surface area contributed by atoms with Gasteiger partial charge in [-0.1, -0.05) is 18.2 Å². The number of ether oxygens (including phenoxy) is 2. The fourth-order valence-corrected chi connectivity index (χ4v) is 4.34. The maximum absolute atomic E-state index is 13.2. The molecular weight excluding hydrogens is 560 g/mol. The van der Waals surface area contributed by atoms with E-state index in [9.17, 15) is 14.4 Å². The van der Waals surface area contributed by atoms with Crippen LogP contribution < -0.4 is 19.7 Å². The molecule has 2 N–H and O–H groups in total. The first-order chi connectivity index (χ1) is 17.8. The van der Waals surface area contributed by atoms with Crippen molar-refractivity contribution in [3.8, 4) is 11.5 Å². The van der Waals surface area contributed by atoms with Crippen molar-refractivity contribution in [2.24, 2.45) is 0 Å². The highest BCUT2D eigenvalue weighted by molar-refractivity contribution is 9.10. The molecule has 1 saturated heterocycles. The van der Waals surface area contributed by atoms with E-state index >= 15 is 0 Å². The summed E-state index contributed by atoms with van der Waals surface area (Å²) in [5.41, 5.74) is 2.04. The molecule has 0 saturated carbocycles. The zero-order valence-electron chi connectivity index (χ0n) is 19.6. The second kappa shape index (κ2) is 11.4. The number of thiocarbonyl (C=S) groups is 1. The molecule has 1 aliphatic heterocycles. The molecule has 1 fully saturated rings. The molecule has 10 heteroatoms. The Morgan fingerprint density at radius 1 is 1.05 bits per heavy atom. The van der Waals surface area contributed by atoms with Crippen LogP contribution in [0.15, 0.2) is 76.8 Å². The van der Waals surface area contributed by atoms with Gasteiger partial charge in [-0.2, -0.15) is 0 Å². The molecule has 2 amide bonds. The molecule has 3 aromatic carbocycles. The number of hydrogen-bond donors (Lipinski definition) is 2. The minimum absolute atomic E-state index is 0.00220. The van der Waals surface area contributed by atoms with Crippen LogP contribution in [0, 0.1) is 0 Å². The van der Waals surface area contributed by atoms with Crippen LogP contribution in [0.1, 0.15) is 28.4 Å². The second-order valence-electron chi connectivity index (χ2n) is 7.87. The van der Waals surface area contributed by atoms with Crippen molar-refractivity contribution in [1.82, 2.24) is 5.32 Å². The lowest BCUT2D eigenvalue weighted by atomic mass is 10.1. The Labute approximate surface area is 226 Å². The van der Waals surface area contributed by atoms with E-state index in [1.807, 2.05) is 6.92 Å². The van der Waals surface area contributed by atoms with Gasteiger partial charge in [0.25, 0.3) is 11.8 Å². The summed E-state index contributed by atoms with van der Waals surface area (Å²) in [4.78, 5) is 38.1. The summed E-state index contributed by atoms with van der Waals surface area (Å²) in [6, 6.07) is 18.4. The minimum Gasteiger partial charge on any atom is -0.494 e. The van der Waals surface area contributed by atoms with Crippen molar-refractivity contribution >= 4 is 62.8 Å². The summed E-state index contributed by atoms with van der Waals surface area (Å²) in [5.74, 6) is -0.918. The van der Waals surface area contributed by atoms with E-state index in [0.29, 0.717) is 33.8 Å². The highest BCUT2D eigenvalue weighted by atomic mass is 79.9. The molecule has 3 aromatic rings. The van der Waals surface area contributed by atoms with Crippen molar-refractivity contribution in [3.05, 3.63) is 93.5 Å². The van der Waals surface area contributed by atoms with E-state index in [-0.39, 0.29) is 22.9 Å². The van der Waals surface area contributed by atoms with Gasteiger partial charge in [0.15, 0.2) is 5.11 Å². The predicted molar refractivity (Wildman–Crippen MR) is 146 cm³/mol. The molecule has 4 rings (SSSR count). The van der Waals surface area contributed by atoms with Gasteiger partial charge in [-0.3, -0.25) is 19.8 Å². The fourth-order valence-electron chi connectivity index (χ4n) is 3.55. The summed E-state index contributed by atoms with van der Waals surface area (Å²) in [6.07, 6.45) is 1.49. The van der Waals surface area contributed by atoms with Crippen molar-refractivity contribution in [3.63, 3.8) is 0 Å². The van der Waals surface area contributed by atoms with Gasteiger partial charge < -0.3 is 14.6 Å². The van der Waals surface area contributed by atoms with Gasteiger partial charge in [-0.05, 0) is 101 Å². The summed E-state index contributed by atoms with van der Waals surface area (Å²) < 4.78 is 11.9. The number of carbonyl (C=O) groups is 3. The summed E-state index contributed by atoms with van der Waals surface area (Å²) in [6.45, 7) is 2.62. The van der Waals surface area contributed by atoms with E-state index in [1.54, 1.807) is 54.6 Å². The number of carboxylic acids is 1. The second-order valence-corrected chi connectivity index (χ2v) is 9.11. The Bertz CT molecular complexity index is 1400. The van der Waals surface area contributed by atoms with Crippen LogP contribution in [0.5, 0.6) is 11.5 Å². The summed E-state index contributed by atoms with van der Waals surface area (Å²) in [7, 11) is 0. The van der Waals surface area contributed by atoms with Gasteiger partial charge in [0.05, 0.1) is 22.3 Å². The Kier molecular flexibility index (Phi) is 8.00. The van der Waals surface area contributed by atoms with Crippen molar-refractivity contribution in [2.45, 2.75) is 13.5 Å². The van der Waals surface area contributed by atoms with Gasteiger partial charge in [0.1, 0.15) is 23.7 Å². The summed E-state index contributed by atoms with van der Waals surface area (Å²) >= 11 is 8.72. The molecule has 1 heterocycles. The number of nitrogens with one attached hydrogen (secondary N) is 1. The topological polar surface area (TPSA) is 105 Å². The van der Waals surface area contributed by atoms with Gasteiger partial charge in [-0.25, -0.2) is 4.79 Å². The normalized spacial score (nSPS) is 14.5. The standard InChI is InChI=1S/C27H21BrN2O6S/c1-2-35-20-10-8-19(9-11-20)30-25(32)21(24(31)29-27(30)37)13-17-5-12-23(22(28)14-17)36-15-16-3-6-18(7-4-16)26(33)34/h3-14H,2,15H2,1H3,(H,33,34)(H,29,31,37)/b21-13-. The molecule has 0 bridgehead atoms. The number of benzene rings is 3. The number of carbonyl (C=O) groups excluding carboxylic acids is 2. The zero-order valence-corrected chi connectivity index (χ0v) is 22.0. The molecule has 0 aliphatic carbocycles. The number of carboxylic acid groups (broad SMARTS) is 1. The highest BCUT2D eigenvalue weighted by Crippen LogP contribution is 2.29. The van der Waals surface area contributed by atoms with Gasteiger partial charge in [-0.15, -0.1) is 0 Å². The third-order valence-electron chi connectivity index (χ3n) is 5.37.